The molecule has 0 aromatic carbocycles. The van der Waals surface area contributed by atoms with Crippen LogP contribution in [0.15, 0.2) is 0 Å². The van der Waals surface area contributed by atoms with Crippen LogP contribution < -0.4 is 0 Å². The van der Waals surface area contributed by atoms with Gasteiger partial charge in [-0.25, -0.2) is 0 Å². The first-order valence-corrected chi connectivity index (χ1v) is 53.1. The lowest BCUT2D eigenvalue weighted by molar-refractivity contribution is -0.269. The van der Waals surface area contributed by atoms with Gasteiger partial charge >= 0.3 is 42.2 Å². The molecule has 12 nitrogen and oxygen atoms in total. The highest BCUT2D eigenvalue weighted by Gasteiger charge is 2.74. The minimum Gasteiger partial charge on any atom is -0.519 e. The lowest BCUT2D eigenvalue weighted by Crippen LogP contribution is -2.54. The molecule has 2 saturated carbocycles. The van der Waals surface area contributed by atoms with Crippen molar-refractivity contribution in [1.82, 2.24) is 0 Å². The quantitative estimate of drug-likeness (QED) is 0.0252. The van der Waals surface area contributed by atoms with Gasteiger partial charge in [0.2, 0.25) is 0 Å². The normalized spacial score (nSPS) is 19.1. The number of hydrogen-bond donors (Lipinski definition) is 0. The van der Waals surface area contributed by atoms with Crippen LogP contribution in [0.2, 0.25) is 106 Å². The Morgan fingerprint density at radius 3 is 1.05 bits per heavy atom. The third kappa shape index (κ3) is 33.9. The molecule has 584 valence electrons. The summed E-state index contributed by atoms with van der Waals surface area (Å²) < 4.78 is 110. The molecule has 0 amide bonds. The fourth-order valence-corrected chi connectivity index (χ4v) is 19.2. The van der Waals surface area contributed by atoms with E-state index >= 15 is 0 Å². The Morgan fingerprint density at radius 1 is 0.449 bits per heavy atom. The van der Waals surface area contributed by atoms with Crippen molar-refractivity contribution in [3.8, 4) is 0 Å². The molecule has 0 spiro atoms. The molecule has 2 aliphatic rings. The Morgan fingerprint density at radius 2 is 0.776 bits per heavy atom. The van der Waals surface area contributed by atoms with E-state index in [4.69, 9.17) is 23.4 Å². The highest BCUT2D eigenvalue weighted by molar-refractivity contribution is 6.83. The van der Waals surface area contributed by atoms with Crippen LogP contribution in [0.5, 0.6) is 0 Å². The Labute approximate surface area is 600 Å². The zero-order valence-corrected chi connectivity index (χ0v) is 74.7. The van der Waals surface area contributed by atoms with Crippen molar-refractivity contribution in [2.45, 2.75) is 363 Å². The zero-order valence-electron chi connectivity index (χ0n) is 69.7. The van der Waals surface area contributed by atoms with Gasteiger partial charge in [-0.15, -0.1) is 0 Å². The van der Waals surface area contributed by atoms with E-state index in [1.165, 1.54) is 6.04 Å². The highest BCUT2D eigenvalue weighted by atomic mass is 28.4. The number of fused-ring (bicyclic) bond motifs is 2. The molecule has 2 aliphatic carbocycles. The molecule has 2 bridgehead atoms. The predicted molar refractivity (Wildman–Crippen MR) is 407 cm³/mol. The number of hydrogen-bond acceptors (Lipinski definition) is 12. The van der Waals surface area contributed by atoms with Gasteiger partial charge in [-0.1, -0.05) is 176 Å². The third-order valence-corrected chi connectivity index (χ3v) is 37.6. The summed E-state index contributed by atoms with van der Waals surface area (Å²) in [6.07, 6.45) is -6.15. The zero-order chi connectivity index (χ0) is 79.2. The SMILES string of the molecule is CC1C2CC(C1C)C(C(=O)OC(C)C(F)(F)F)(C(F)(F)F)C2.CCC(C)(C)C(=O)OCCC[Si](C)(C)C.CCC(C)(C)C(=O)OCC[Si](C)(C)C.CCC(C)(C)C(=O)OC[Si](C(C)C)(C(C)C)C(C)C.CCC(C)(C)C(=O)OC[Si](C)(C)C.CCC(C)(C)C(=O)O[Si](C)(C)C(C)(C)C. The molecule has 0 saturated heterocycles. The largest absolute Gasteiger partial charge is 0.519 e. The van der Waals surface area contributed by atoms with Crippen LogP contribution in [-0.4, -0.2) is 121 Å². The average molecular weight is 1500 g/mol. The number of ether oxygens (including phenoxy) is 5. The predicted octanol–water partition coefficient (Wildman–Crippen LogP) is 23.3. The van der Waals surface area contributed by atoms with Crippen molar-refractivity contribution in [1.29, 1.82) is 0 Å². The minimum atomic E-state index is -4.91. The second-order valence-corrected chi connectivity index (χ2v) is 64.8. The van der Waals surface area contributed by atoms with E-state index in [-0.39, 0.29) is 86.1 Å². The van der Waals surface area contributed by atoms with Crippen LogP contribution in [0.25, 0.3) is 0 Å². The van der Waals surface area contributed by atoms with Crippen molar-refractivity contribution in [2.75, 3.05) is 25.7 Å². The van der Waals surface area contributed by atoms with Crippen LogP contribution in [0.4, 0.5) is 26.3 Å². The van der Waals surface area contributed by atoms with Crippen molar-refractivity contribution in [2.24, 2.45) is 56.2 Å². The van der Waals surface area contributed by atoms with Crippen molar-refractivity contribution >= 4 is 76.4 Å². The summed E-state index contributed by atoms with van der Waals surface area (Å²) in [4.78, 5) is 71.0. The highest BCUT2D eigenvalue weighted by Crippen LogP contribution is 2.67. The first-order chi connectivity index (χ1) is 43.3. The summed E-state index contributed by atoms with van der Waals surface area (Å²) in [5.41, 5.74) is -2.58. The minimum absolute atomic E-state index is 0.0216. The molecule has 98 heavy (non-hydrogen) atoms. The van der Waals surface area contributed by atoms with E-state index in [1.54, 1.807) is 6.92 Å². The van der Waals surface area contributed by atoms with Crippen LogP contribution in [0, 0.1) is 56.2 Å². The fraction of sp³-hybridized carbons (Fsp3) is 0.920. The van der Waals surface area contributed by atoms with E-state index < -0.39 is 82.8 Å². The number of carbonyl (C=O) groups excluding carboxylic acids is 6. The van der Waals surface area contributed by atoms with Crippen molar-refractivity contribution in [3.05, 3.63) is 0 Å². The summed E-state index contributed by atoms with van der Waals surface area (Å²) in [7, 11) is -6.87. The summed E-state index contributed by atoms with van der Waals surface area (Å²) in [5.74, 6) is -3.71. The molecule has 2 rings (SSSR count). The van der Waals surface area contributed by atoms with Gasteiger partial charge in [-0.05, 0) is 192 Å². The van der Waals surface area contributed by atoms with Crippen LogP contribution >= 0.6 is 0 Å². The molecule has 0 aromatic rings. The summed E-state index contributed by atoms with van der Waals surface area (Å²) in [5, 5.41) is 0.0898. The third-order valence-electron chi connectivity index (χ3n) is 21.6. The number of esters is 5. The summed E-state index contributed by atoms with van der Waals surface area (Å²) in [6.45, 7) is 79.6. The first-order valence-electron chi connectivity index (χ1n) is 36.6. The van der Waals surface area contributed by atoms with Gasteiger partial charge in [0.05, 0.1) is 60.8 Å². The smallest absolute Gasteiger partial charge is 0.425 e. The first kappa shape index (κ1) is 102. The lowest BCUT2D eigenvalue weighted by atomic mass is 9.65. The van der Waals surface area contributed by atoms with Gasteiger partial charge in [0, 0.05) is 16.1 Å². The molecule has 0 radical (unpaired) electrons. The summed E-state index contributed by atoms with van der Waals surface area (Å²) >= 11 is 0. The molecule has 0 aliphatic heterocycles. The lowest BCUT2D eigenvalue weighted by Gasteiger charge is -2.42. The Kier molecular flexibility index (Phi) is 41.7. The number of carbonyl (C=O) groups is 6. The number of halogens is 6. The number of alkyl halides is 6. The van der Waals surface area contributed by atoms with Gasteiger partial charge in [-0.2, -0.15) is 26.3 Å². The molecule has 6 unspecified atom stereocenters. The maximum Gasteiger partial charge on any atom is 0.425 e. The molecule has 6 atom stereocenters. The maximum atomic E-state index is 13.6. The molecule has 0 aromatic heterocycles. The van der Waals surface area contributed by atoms with Gasteiger partial charge in [0.15, 0.2) is 11.5 Å². The Hall–Kier alpha value is -2.52. The summed E-state index contributed by atoms with van der Waals surface area (Å²) in [6, 6.07) is 2.28. The molecule has 2 fully saturated rings. The fourth-order valence-electron chi connectivity index (χ4n) is 10.3. The van der Waals surface area contributed by atoms with Crippen LogP contribution in [0.3, 0.4) is 0 Å². The van der Waals surface area contributed by atoms with Crippen LogP contribution in [0.1, 0.15) is 238 Å². The molecule has 0 N–H and O–H groups in total. The number of rotatable bonds is 27. The second-order valence-electron chi connectivity index (χ2n) is 37.5. The van der Waals surface area contributed by atoms with Crippen molar-refractivity contribution in [3.63, 3.8) is 0 Å². The molecule has 0 heterocycles. The van der Waals surface area contributed by atoms with E-state index in [2.05, 4.69) is 139 Å². The molecule has 23 heteroatoms. The van der Waals surface area contributed by atoms with Gasteiger partial charge in [0.1, 0.15) is 8.07 Å². The second kappa shape index (κ2) is 40.1. The van der Waals surface area contributed by atoms with E-state index in [9.17, 15) is 55.1 Å². The van der Waals surface area contributed by atoms with Gasteiger partial charge in [-0.3, -0.25) is 28.8 Å². The van der Waals surface area contributed by atoms with E-state index in [0.717, 1.165) is 44.6 Å². The Balaban J connectivity index is -0.000000547. The van der Waals surface area contributed by atoms with Gasteiger partial charge < -0.3 is 28.1 Å². The maximum absolute atomic E-state index is 13.6. The Bertz CT molecular complexity index is 2390. The van der Waals surface area contributed by atoms with Gasteiger partial charge in [0.25, 0.3) is 14.3 Å². The standard InChI is InChI=1S/C16H34O2Si.C14H18F6O2.2C12H26O2Si.C11H24O2Si.C10H22O2Si/c1-10-16(8,9)15(17)18-11-19(12(2)3,13(4)5)14(6)7;1-6-7(2)10-4-9(6)5-12(10,14(18,19)20)11(21)22-8(3)13(15,16)17;1-9-12(5,6)10(13)14-15(7,8)11(2,3)4;1-7-12(2,3)11(13)14-9-8-10-15(4,5)6;1-7-11(2,3)10(12)13-8-9-14(4,5)6;1-7-10(2,3)9(11)12-8-13(4,5)6/h12-14H,10-11H2,1-9H3;6-10H,4-5H2,1-3H3;9H2,1-8H3;7-10H2,1-6H3;7-9H2,1-6H3;7-8H2,1-6H3. The van der Waals surface area contributed by atoms with Crippen molar-refractivity contribution < 1.29 is 83.2 Å². The van der Waals surface area contributed by atoms with E-state index in [1.807, 2.05) is 111 Å². The molecular formula is C75H150F6O12Si5. The van der Waals surface area contributed by atoms with Crippen LogP contribution in [-0.2, 0) is 56.9 Å². The topological polar surface area (TPSA) is 158 Å². The average Bonchev–Trinajstić information content (AvgIpc) is 1.53. The monoisotopic (exact) mass is 1500 g/mol. The molecular weight excluding hydrogens is 1350 g/mol. The van der Waals surface area contributed by atoms with E-state index in [0.29, 0.717) is 49.2 Å².